The first-order valence-corrected chi connectivity index (χ1v) is 12.3. The Balaban J connectivity index is 1.61. The topological polar surface area (TPSA) is 90.3 Å². The number of rotatable bonds is 6. The van der Waals surface area contributed by atoms with Gasteiger partial charge < -0.3 is 10.1 Å². The van der Waals surface area contributed by atoms with Crippen LogP contribution in [-0.4, -0.2) is 23.3 Å². The molecule has 1 fully saturated rings. The largest absolute Gasteiger partial charge is 0.453 e. The number of hydrogen-bond donors (Lipinski definition) is 1. The molecule has 5 rings (SSSR count). The van der Waals surface area contributed by atoms with Gasteiger partial charge in [-0.1, -0.05) is 17.7 Å². The number of fused-ring (bicyclic) bond motifs is 1. The van der Waals surface area contributed by atoms with Crippen molar-refractivity contribution in [1.29, 1.82) is 0 Å². The number of nitrogens with zero attached hydrogens (tertiary/aromatic N) is 2. The summed E-state index contributed by atoms with van der Waals surface area (Å²) in [6, 6.07) is 12.4. The summed E-state index contributed by atoms with van der Waals surface area (Å²) in [6.45, 7) is 3.23. The predicted molar refractivity (Wildman–Crippen MR) is 126 cm³/mol. The molecule has 34 heavy (non-hydrogen) atoms. The molecule has 2 aromatic carbocycles. The van der Waals surface area contributed by atoms with Crippen molar-refractivity contribution < 1.29 is 22.3 Å². The van der Waals surface area contributed by atoms with Crippen molar-refractivity contribution >= 4 is 32.7 Å². The molecule has 1 aliphatic rings. The number of carbonyl (C=O) groups excluding carboxylic acids is 1. The summed E-state index contributed by atoms with van der Waals surface area (Å²) in [6.07, 6.45) is 4.91. The molecule has 2 aromatic heterocycles. The van der Waals surface area contributed by atoms with Crippen molar-refractivity contribution in [3.63, 3.8) is 0 Å². The molecular weight excluding hydrogens is 457 g/mol. The van der Waals surface area contributed by atoms with Crippen LogP contribution in [0, 0.1) is 12.7 Å². The maximum atomic E-state index is 14.7. The number of halogens is 1. The van der Waals surface area contributed by atoms with Crippen LogP contribution < -0.4 is 10.1 Å². The summed E-state index contributed by atoms with van der Waals surface area (Å²) in [4.78, 5) is 15.7. The summed E-state index contributed by atoms with van der Waals surface area (Å²) in [5, 5.41) is 3.07. The molecule has 9 heteroatoms. The highest BCUT2D eigenvalue weighted by Gasteiger charge is 2.32. The van der Waals surface area contributed by atoms with Crippen LogP contribution in [0.4, 0.5) is 10.1 Å². The number of nitrogens with one attached hydrogen (secondary N) is 1. The molecule has 0 bridgehead atoms. The molecule has 2 heterocycles. The number of pyridine rings is 1. The molecule has 0 unspecified atom stereocenters. The van der Waals surface area contributed by atoms with E-state index in [2.05, 4.69) is 10.3 Å². The molecule has 0 spiro atoms. The Morgan fingerprint density at radius 3 is 2.50 bits per heavy atom. The monoisotopic (exact) mass is 479 g/mol. The van der Waals surface area contributed by atoms with Crippen LogP contribution in [0.3, 0.4) is 0 Å². The Morgan fingerprint density at radius 1 is 1.12 bits per heavy atom. The zero-order valence-corrected chi connectivity index (χ0v) is 19.4. The van der Waals surface area contributed by atoms with Crippen LogP contribution in [0.1, 0.15) is 36.8 Å². The number of aryl methyl sites for hydroxylation is 1. The van der Waals surface area contributed by atoms with E-state index in [4.69, 9.17) is 4.74 Å². The van der Waals surface area contributed by atoms with Crippen LogP contribution in [0.25, 0.3) is 11.0 Å². The maximum absolute atomic E-state index is 14.7. The highest BCUT2D eigenvalue weighted by molar-refractivity contribution is 7.90. The number of carbonyl (C=O) groups is 1. The SMILES string of the molecule is CC(=O)Nc1ccc(Oc2ccnc3c2c(C2CC2)cn3S(=O)(=O)c2ccc(C)cc2)c(F)c1. The molecular formula is C25H22FN3O4S. The van der Waals surface area contributed by atoms with Gasteiger partial charge >= 0.3 is 0 Å². The van der Waals surface area contributed by atoms with E-state index in [9.17, 15) is 17.6 Å². The van der Waals surface area contributed by atoms with Gasteiger partial charge in [-0.05, 0) is 61.6 Å². The molecule has 0 radical (unpaired) electrons. The Labute approximate surface area is 196 Å². The summed E-state index contributed by atoms with van der Waals surface area (Å²) < 4.78 is 48.7. The Bertz CT molecular complexity index is 1520. The van der Waals surface area contributed by atoms with E-state index in [1.807, 2.05) is 6.92 Å². The van der Waals surface area contributed by atoms with Gasteiger partial charge in [-0.2, -0.15) is 0 Å². The normalized spacial score (nSPS) is 13.7. The Morgan fingerprint density at radius 2 is 1.85 bits per heavy atom. The van der Waals surface area contributed by atoms with Gasteiger partial charge in [0.25, 0.3) is 10.0 Å². The van der Waals surface area contributed by atoms with Crippen molar-refractivity contribution in [2.45, 2.75) is 37.5 Å². The minimum atomic E-state index is -3.90. The van der Waals surface area contributed by atoms with E-state index in [0.717, 1.165) is 24.0 Å². The highest BCUT2D eigenvalue weighted by Crippen LogP contribution is 2.47. The molecule has 1 aliphatic carbocycles. The zero-order valence-electron chi connectivity index (χ0n) is 18.6. The average Bonchev–Trinajstić information content (AvgIpc) is 3.55. The van der Waals surface area contributed by atoms with Crippen molar-refractivity contribution in [3.8, 4) is 11.5 Å². The molecule has 0 aliphatic heterocycles. The number of benzene rings is 2. The lowest BCUT2D eigenvalue weighted by atomic mass is 10.1. The summed E-state index contributed by atoms with van der Waals surface area (Å²) in [5.41, 5.74) is 2.31. The van der Waals surface area contributed by atoms with Crippen LogP contribution >= 0.6 is 0 Å². The van der Waals surface area contributed by atoms with E-state index in [1.54, 1.807) is 36.5 Å². The molecule has 1 saturated carbocycles. The lowest BCUT2D eigenvalue weighted by Crippen LogP contribution is -2.12. The first kappa shape index (κ1) is 22.1. The second-order valence-electron chi connectivity index (χ2n) is 8.41. The van der Waals surface area contributed by atoms with Crippen LogP contribution in [0.2, 0.25) is 0 Å². The fourth-order valence-electron chi connectivity index (χ4n) is 3.90. The van der Waals surface area contributed by atoms with Gasteiger partial charge in [0.15, 0.2) is 17.2 Å². The van der Waals surface area contributed by atoms with E-state index in [-0.39, 0.29) is 28.1 Å². The molecule has 4 aromatic rings. The molecule has 0 atom stereocenters. The third-order valence-electron chi connectivity index (χ3n) is 5.71. The second kappa shape index (κ2) is 8.25. The summed E-state index contributed by atoms with van der Waals surface area (Å²) >= 11 is 0. The predicted octanol–water partition coefficient (Wildman–Crippen LogP) is 5.35. The lowest BCUT2D eigenvalue weighted by molar-refractivity contribution is -0.114. The van der Waals surface area contributed by atoms with Gasteiger partial charge in [0.1, 0.15) is 5.75 Å². The fraction of sp³-hybridized carbons (Fsp3) is 0.200. The third-order valence-corrected chi connectivity index (χ3v) is 7.38. The van der Waals surface area contributed by atoms with E-state index in [1.165, 1.54) is 35.3 Å². The van der Waals surface area contributed by atoms with Gasteiger partial charge in [-0.25, -0.2) is 21.8 Å². The smallest absolute Gasteiger partial charge is 0.269 e. The van der Waals surface area contributed by atoms with Crippen molar-refractivity contribution in [2.75, 3.05) is 5.32 Å². The van der Waals surface area contributed by atoms with Gasteiger partial charge in [0, 0.05) is 31.1 Å². The minimum Gasteiger partial charge on any atom is -0.453 e. The average molecular weight is 480 g/mol. The first-order valence-electron chi connectivity index (χ1n) is 10.8. The van der Waals surface area contributed by atoms with Crippen molar-refractivity contribution in [3.05, 3.63) is 77.9 Å². The number of hydrogen-bond acceptors (Lipinski definition) is 5. The second-order valence-corrected chi connectivity index (χ2v) is 10.2. The minimum absolute atomic E-state index is 0.0440. The number of ether oxygens (including phenoxy) is 1. The Kier molecular flexibility index (Phi) is 5.36. The lowest BCUT2D eigenvalue weighted by Gasteiger charge is -2.11. The fourth-order valence-corrected chi connectivity index (χ4v) is 5.23. The molecule has 7 nitrogen and oxygen atoms in total. The summed E-state index contributed by atoms with van der Waals surface area (Å²) in [5.74, 6) is -0.506. The molecule has 1 N–H and O–H groups in total. The van der Waals surface area contributed by atoms with Crippen LogP contribution in [-0.2, 0) is 14.8 Å². The van der Waals surface area contributed by atoms with E-state index >= 15 is 0 Å². The van der Waals surface area contributed by atoms with Gasteiger partial charge in [0.05, 0.1) is 10.3 Å². The Hall–Kier alpha value is -3.72. The van der Waals surface area contributed by atoms with Gasteiger partial charge in [-0.3, -0.25) is 4.79 Å². The van der Waals surface area contributed by atoms with Gasteiger partial charge in [-0.15, -0.1) is 0 Å². The highest BCUT2D eigenvalue weighted by atomic mass is 32.2. The quantitative estimate of drug-likeness (QED) is 0.403. The maximum Gasteiger partial charge on any atom is 0.269 e. The third kappa shape index (κ3) is 4.03. The first-order chi connectivity index (χ1) is 16.2. The van der Waals surface area contributed by atoms with Crippen molar-refractivity contribution in [2.24, 2.45) is 0 Å². The van der Waals surface area contributed by atoms with Crippen molar-refractivity contribution in [1.82, 2.24) is 8.96 Å². The standard InChI is InChI=1S/C25H22FN3O4S/c1-15-3-8-19(9-4-15)34(31,32)29-14-20(17-5-6-17)24-23(11-12-27-25(24)29)33-22-10-7-18(13-21(22)26)28-16(2)30/h3-4,7-14,17H,5-6H2,1-2H3,(H,28,30). The van der Waals surface area contributed by atoms with Gasteiger partial charge in [0.2, 0.25) is 5.91 Å². The van der Waals surface area contributed by atoms with Crippen LogP contribution in [0.15, 0.2) is 65.8 Å². The van der Waals surface area contributed by atoms with E-state index < -0.39 is 15.8 Å². The molecule has 174 valence electrons. The van der Waals surface area contributed by atoms with Crippen LogP contribution in [0.5, 0.6) is 11.5 Å². The number of anilines is 1. The molecule has 1 amide bonds. The zero-order chi connectivity index (χ0) is 24.0. The summed E-state index contributed by atoms with van der Waals surface area (Å²) in [7, 11) is -3.90. The number of amides is 1. The van der Waals surface area contributed by atoms with E-state index in [0.29, 0.717) is 16.8 Å². The molecule has 0 saturated heterocycles. The number of aromatic nitrogens is 2.